The Hall–Kier alpha value is -2.85. The van der Waals surface area contributed by atoms with Gasteiger partial charge in [-0.15, -0.1) is 15.0 Å². The molecule has 0 saturated carbocycles. The highest BCUT2D eigenvalue weighted by Crippen LogP contribution is 2.10. The van der Waals surface area contributed by atoms with Crippen LogP contribution in [0.5, 0.6) is 0 Å². The highest BCUT2D eigenvalue weighted by Gasteiger charge is 2.26. The quantitative estimate of drug-likeness (QED) is 0.453. The van der Waals surface area contributed by atoms with Crippen molar-refractivity contribution in [3.05, 3.63) is 41.7 Å². The lowest BCUT2D eigenvalue weighted by Gasteiger charge is -2.23. The minimum atomic E-state index is -1.18. The predicted octanol–water partition coefficient (Wildman–Crippen LogP) is 0.253. The fourth-order valence-corrected chi connectivity index (χ4v) is 2.09. The lowest BCUT2D eigenvalue weighted by atomic mass is 10.1. The van der Waals surface area contributed by atoms with Gasteiger partial charge in [-0.05, 0) is 17.2 Å². The van der Waals surface area contributed by atoms with Crippen molar-refractivity contribution >= 4 is 12.4 Å². The van der Waals surface area contributed by atoms with E-state index >= 15 is 0 Å². The van der Waals surface area contributed by atoms with Crippen molar-refractivity contribution in [3.63, 3.8) is 0 Å². The molecule has 25 heavy (non-hydrogen) atoms. The van der Waals surface area contributed by atoms with Gasteiger partial charge >= 0.3 is 5.97 Å². The Kier molecular flexibility index (Phi) is 6.99. The van der Waals surface area contributed by atoms with Crippen LogP contribution in [0.3, 0.4) is 0 Å². The second kappa shape index (κ2) is 9.45. The van der Waals surface area contributed by atoms with Crippen LogP contribution in [-0.2, 0) is 38.9 Å². The number of aryl methyl sites for hydroxylation is 1. The van der Waals surface area contributed by atoms with E-state index in [1.807, 2.05) is 30.3 Å². The van der Waals surface area contributed by atoms with Gasteiger partial charge in [0.05, 0.1) is 0 Å². The van der Waals surface area contributed by atoms with Crippen molar-refractivity contribution in [3.8, 4) is 0 Å². The van der Waals surface area contributed by atoms with Crippen LogP contribution >= 0.6 is 0 Å². The van der Waals surface area contributed by atoms with Crippen LogP contribution < -0.4 is 0 Å². The molecular weight excluding hydrogens is 330 g/mol. The Labute approximate surface area is 143 Å². The third-order valence-corrected chi connectivity index (χ3v) is 3.30. The molecule has 134 valence electrons. The second-order valence-corrected chi connectivity index (χ2v) is 5.11. The van der Waals surface area contributed by atoms with Crippen LogP contribution in [0.25, 0.3) is 0 Å². The normalized spacial score (nSPS) is 11.9. The molecule has 1 heterocycles. The molecule has 0 radical (unpaired) electrons. The number of hydrogen-bond acceptors (Lipinski definition) is 7. The summed E-state index contributed by atoms with van der Waals surface area (Å²) in [4.78, 5) is 29.3. The molecular formula is C15H19N5O5. The standard InChI is InChI=1S/C15H19N5O5/c1-24-11-20-17-14(16-18-20)8-7-13(15(22)23)19(10-21)25-9-12-5-3-2-4-6-12/h2-6,10,13H,7-9,11H2,1H3,(H,22,23)/t13-/m0/s1. The fraction of sp³-hybridized carbons (Fsp3) is 0.400. The van der Waals surface area contributed by atoms with Gasteiger partial charge in [-0.1, -0.05) is 30.3 Å². The van der Waals surface area contributed by atoms with Gasteiger partial charge in [0.1, 0.15) is 6.61 Å². The Morgan fingerprint density at radius 3 is 2.80 bits per heavy atom. The van der Waals surface area contributed by atoms with Gasteiger partial charge < -0.3 is 9.84 Å². The summed E-state index contributed by atoms with van der Waals surface area (Å²) in [6, 6.07) is 7.98. The molecule has 1 amide bonds. The number of hydrogen-bond donors (Lipinski definition) is 1. The first kappa shape index (κ1) is 18.5. The summed E-state index contributed by atoms with van der Waals surface area (Å²) < 4.78 is 4.86. The minimum Gasteiger partial charge on any atom is -0.480 e. The molecule has 0 fully saturated rings. The molecule has 1 aromatic carbocycles. The number of amides is 1. The molecule has 2 aromatic rings. The van der Waals surface area contributed by atoms with Crippen molar-refractivity contribution in [1.29, 1.82) is 0 Å². The van der Waals surface area contributed by atoms with E-state index in [1.165, 1.54) is 11.9 Å². The topological polar surface area (TPSA) is 120 Å². The first-order valence-electron chi connectivity index (χ1n) is 7.53. The molecule has 10 heteroatoms. The van der Waals surface area contributed by atoms with E-state index in [0.717, 1.165) is 10.6 Å². The van der Waals surface area contributed by atoms with Gasteiger partial charge in [0, 0.05) is 13.5 Å². The summed E-state index contributed by atoms with van der Waals surface area (Å²) in [6.45, 7) is 0.238. The summed E-state index contributed by atoms with van der Waals surface area (Å²) in [7, 11) is 1.50. The van der Waals surface area contributed by atoms with Crippen LogP contribution in [0.4, 0.5) is 0 Å². The number of tetrazole rings is 1. The van der Waals surface area contributed by atoms with Gasteiger partial charge in [-0.3, -0.25) is 9.63 Å². The van der Waals surface area contributed by atoms with E-state index in [9.17, 15) is 14.7 Å². The lowest BCUT2D eigenvalue weighted by molar-refractivity contribution is -0.201. The molecule has 1 atom stereocenters. The van der Waals surface area contributed by atoms with E-state index in [-0.39, 0.29) is 26.2 Å². The van der Waals surface area contributed by atoms with Crippen molar-refractivity contribution < 1.29 is 24.3 Å². The van der Waals surface area contributed by atoms with E-state index in [0.29, 0.717) is 12.2 Å². The molecule has 0 saturated heterocycles. The van der Waals surface area contributed by atoms with E-state index in [4.69, 9.17) is 9.57 Å². The number of carbonyl (C=O) groups excluding carboxylic acids is 1. The van der Waals surface area contributed by atoms with Gasteiger partial charge in [-0.25, -0.2) is 9.86 Å². The number of ether oxygens (including phenoxy) is 1. The van der Waals surface area contributed by atoms with Crippen LogP contribution in [0.15, 0.2) is 30.3 Å². The zero-order valence-electron chi connectivity index (χ0n) is 13.7. The average Bonchev–Trinajstić information content (AvgIpc) is 3.06. The largest absolute Gasteiger partial charge is 0.480 e. The summed E-state index contributed by atoms with van der Waals surface area (Å²) in [5.41, 5.74) is 0.822. The molecule has 0 aliphatic heterocycles. The van der Waals surface area contributed by atoms with Crippen LogP contribution in [0, 0.1) is 0 Å². The molecule has 0 unspecified atom stereocenters. The maximum atomic E-state index is 11.5. The number of aromatic nitrogens is 4. The maximum Gasteiger partial charge on any atom is 0.329 e. The smallest absolute Gasteiger partial charge is 0.329 e. The van der Waals surface area contributed by atoms with Gasteiger partial charge in [0.2, 0.25) is 6.41 Å². The first-order chi connectivity index (χ1) is 12.1. The second-order valence-electron chi connectivity index (χ2n) is 5.11. The Balaban J connectivity index is 1.94. The first-order valence-corrected chi connectivity index (χ1v) is 7.53. The van der Waals surface area contributed by atoms with Crippen molar-refractivity contribution in [2.24, 2.45) is 0 Å². The number of carbonyl (C=O) groups is 2. The number of carboxylic acids is 1. The maximum absolute atomic E-state index is 11.5. The van der Waals surface area contributed by atoms with Crippen LogP contribution in [0.1, 0.15) is 17.8 Å². The van der Waals surface area contributed by atoms with Gasteiger partial charge in [0.25, 0.3) is 0 Å². The Morgan fingerprint density at radius 2 is 2.16 bits per heavy atom. The van der Waals surface area contributed by atoms with Crippen molar-refractivity contribution in [1.82, 2.24) is 25.3 Å². The number of carboxylic acid groups (broad SMARTS) is 1. The highest BCUT2D eigenvalue weighted by molar-refractivity contribution is 5.75. The highest BCUT2D eigenvalue weighted by atomic mass is 16.7. The summed E-state index contributed by atoms with van der Waals surface area (Å²) >= 11 is 0. The molecule has 2 rings (SSSR count). The summed E-state index contributed by atoms with van der Waals surface area (Å²) in [5, 5.41) is 21.8. The number of aliphatic carboxylic acids is 1. The lowest BCUT2D eigenvalue weighted by Crippen LogP contribution is -2.40. The van der Waals surface area contributed by atoms with Gasteiger partial charge in [0.15, 0.2) is 18.6 Å². The number of benzene rings is 1. The molecule has 0 aliphatic rings. The summed E-state index contributed by atoms with van der Waals surface area (Å²) in [5.74, 6) is -0.818. The van der Waals surface area contributed by atoms with Crippen molar-refractivity contribution in [2.75, 3.05) is 7.11 Å². The number of methoxy groups -OCH3 is 1. The van der Waals surface area contributed by atoms with Crippen LogP contribution in [0.2, 0.25) is 0 Å². The third kappa shape index (κ3) is 5.62. The van der Waals surface area contributed by atoms with E-state index in [2.05, 4.69) is 15.4 Å². The molecule has 1 aromatic heterocycles. The number of nitrogens with zero attached hydrogens (tertiary/aromatic N) is 5. The zero-order valence-corrected chi connectivity index (χ0v) is 13.7. The molecule has 1 N–H and O–H groups in total. The van der Waals surface area contributed by atoms with E-state index < -0.39 is 12.0 Å². The van der Waals surface area contributed by atoms with E-state index in [1.54, 1.807) is 0 Å². The molecule has 10 nitrogen and oxygen atoms in total. The van der Waals surface area contributed by atoms with Gasteiger partial charge in [-0.2, -0.15) is 0 Å². The number of rotatable bonds is 11. The van der Waals surface area contributed by atoms with Crippen LogP contribution in [-0.4, -0.2) is 55.9 Å². The zero-order chi connectivity index (χ0) is 18.1. The average molecular weight is 349 g/mol. The molecule has 0 spiro atoms. The third-order valence-electron chi connectivity index (χ3n) is 3.30. The number of hydroxylamine groups is 2. The monoisotopic (exact) mass is 349 g/mol. The fourth-order valence-electron chi connectivity index (χ4n) is 2.09. The SMILES string of the molecule is COCn1nnc(CC[C@@H](C(=O)O)N(C=O)OCc2ccccc2)n1. The Bertz CT molecular complexity index is 678. The minimum absolute atomic E-state index is 0.0849. The summed E-state index contributed by atoms with van der Waals surface area (Å²) in [6.07, 6.45) is 0.665. The molecule has 0 aliphatic carbocycles. The molecule has 0 bridgehead atoms. The Morgan fingerprint density at radius 1 is 1.40 bits per heavy atom. The predicted molar refractivity (Wildman–Crippen MR) is 83.7 cm³/mol. The van der Waals surface area contributed by atoms with Crippen molar-refractivity contribution in [2.45, 2.75) is 32.2 Å².